The molecule has 1 heterocycles. The molecule has 0 radical (unpaired) electrons. The predicted octanol–water partition coefficient (Wildman–Crippen LogP) is 4.95. The van der Waals surface area contributed by atoms with Crippen LogP contribution in [0.3, 0.4) is 0 Å². The fourth-order valence-corrected chi connectivity index (χ4v) is 2.88. The van der Waals surface area contributed by atoms with Crippen molar-refractivity contribution in [2.24, 2.45) is 0 Å². The van der Waals surface area contributed by atoms with E-state index in [2.05, 4.69) is 18.8 Å². The number of hydrogen-bond donors (Lipinski definition) is 1. The number of anilines is 1. The summed E-state index contributed by atoms with van der Waals surface area (Å²) < 4.78 is 11.1. The van der Waals surface area contributed by atoms with E-state index in [1.54, 1.807) is 30.3 Å². The smallest absolute Gasteiger partial charge is 0.349 e. The van der Waals surface area contributed by atoms with Crippen LogP contribution in [-0.4, -0.2) is 12.5 Å². The minimum absolute atomic E-state index is 0.0412. The van der Waals surface area contributed by atoms with Crippen LogP contribution in [0.2, 0.25) is 0 Å². The number of rotatable bonds is 8. The van der Waals surface area contributed by atoms with Gasteiger partial charge in [-0.2, -0.15) is 0 Å². The molecular formula is C23H23NO4. The van der Waals surface area contributed by atoms with Crippen molar-refractivity contribution >= 4 is 22.6 Å². The van der Waals surface area contributed by atoms with Gasteiger partial charge in [0.15, 0.2) is 0 Å². The van der Waals surface area contributed by atoms with E-state index in [1.807, 2.05) is 24.3 Å². The number of carbonyl (C=O) groups excluding carboxylic acids is 1. The summed E-state index contributed by atoms with van der Waals surface area (Å²) in [6, 6.07) is 14.2. The Morgan fingerprint density at radius 3 is 2.82 bits per heavy atom. The number of hydrogen-bond acceptors (Lipinski definition) is 4. The first-order chi connectivity index (χ1) is 13.6. The second-order valence-electron chi connectivity index (χ2n) is 6.46. The lowest BCUT2D eigenvalue weighted by atomic mass is 10.1. The molecule has 144 valence electrons. The van der Waals surface area contributed by atoms with E-state index in [-0.39, 0.29) is 5.56 Å². The molecule has 0 aliphatic heterocycles. The Hall–Kier alpha value is -3.34. The van der Waals surface area contributed by atoms with E-state index >= 15 is 0 Å². The molecule has 0 aliphatic carbocycles. The molecule has 1 aromatic heterocycles. The summed E-state index contributed by atoms with van der Waals surface area (Å²) in [4.78, 5) is 25.0. The van der Waals surface area contributed by atoms with Gasteiger partial charge in [0, 0.05) is 17.1 Å². The first-order valence-corrected chi connectivity index (χ1v) is 9.33. The van der Waals surface area contributed by atoms with Crippen molar-refractivity contribution in [3.8, 4) is 5.75 Å². The molecule has 5 heteroatoms. The Kier molecular flexibility index (Phi) is 6.27. The van der Waals surface area contributed by atoms with Crippen LogP contribution < -0.4 is 15.7 Å². The number of amides is 1. The molecule has 0 bridgehead atoms. The number of carbonyl (C=O) groups is 1. The molecular weight excluding hydrogens is 354 g/mol. The largest absolute Gasteiger partial charge is 0.494 e. The Bertz CT molecular complexity index is 1050. The highest BCUT2D eigenvalue weighted by Crippen LogP contribution is 2.21. The van der Waals surface area contributed by atoms with E-state index < -0.39 is 11.5 Å². The quantitative estimate of drug-likeness (QED) is 0.342. The van der Waals surface area contributed by atoms with Crippen LogP contribution in [0.1, 0.15) is 35.7 Å². The Morgan fingerprint density at radius 1 is 1.21 bits per heavy atom. The maximum absolute atomic E-state index is 12.6. The lowest BCUT2D eigenvalue weighted by molar-refractivity contribution is 0.102. The van der Waals surface area contributed by atoms with Crippen molar-refractivity contribution in [2.45, 2.75) is 26.2 Å². The summed E-state index contributed by atoms with van der Waals surface area (Å²) in [6.45, 7) is 6.43. The van der Waals surface area contributed by atoms with Crippen LogP contribution in [0.15, 0.2) is 70.4 Å². The van der Waals surface area contributed by atoms with Crippen molar-refractivity contribution in [2.75, 3.05) is 11.9 Å². The number of nitrogens with one attached hydrogen (secondary N) is 1. The van der Waals surface area contributed by atoms with Gasteiger partial charge in [0.05, 0.1) is 6.61 Å². The summed E-state index contributed by atoms with van der Waals surface area (Å²) in [5.41, 5.74) is 1.18. The average Bonchev–Trinajstić information content (AvgIpc) is 2.69. The van der Waals surface area contributed by atoms with Crippen LogP contribution in [0.4, 0.5) is 5.69 Å². The molecule has 1 amide bonds. The van der Waals surface area contributed by atoms with Gasteiger partial charge in [-0.25, -0.2) is 4.79 Å². The van der Waals surface area contributed by atoms with Gasteiger partial charge in [-0.1, -0.05) is 43.7 Å². The average molecular weight is 377 g/mol. The van der Waals surface area contributed by atoms with Crippen LogP contribution in [0.5, 0.6) is 5.75 Å². The van der Waals surface area contributed by atoms with Gasteiger partial charge in [0.25, 0.3) is 5.91 Å². The molecule has 0 aliphatic rings. The lowest BCUT2D eigenvalue weighted by Gasteiger charge is -2.09. The molecule has 0 fully saturated rings. The molecule has 0 saturated heterocycles. The Morgan fingerprint density at radius 2 is 2.04 bits per heavy atom. The maximum atomic E-state index is 12.6. The molecule has 28 heavy (non-hydrogen) atoms. The summed E-state index contributed by atoms with van der Waals surface area (Å²) in [5.74, 6) is 0.154. The van der Waals surface area contributed by atoms with Crippen molar-refractivity contribution in [1.82, 2.24) is 0 Å². The second-order valence-corrected chi connectivity index (χ2v) is 6.46. The molecule has 0 saturated carbocycles. The van der Waals surface area contributed by atoms with Crippen LogP contribution in [0.25, 0.3) is 11.0 Å². The van der Waals surface area contributed by atoms with Gasteiger partial charge in [0.1, 0.15) is 16.9 Å². The molecule has 0 unspecified atom stereocenters. The first-order valence-electron chi connectivity index (χ1n) is 9.33. The number of allylic oxidation sites excluding steroid dienone is 1. The zero-order valence-corrected chi connectivity index (χ0v) is 15.9. The third-order valence-electron chi connectivity index (χ3n) is 4.31. The van der Waals surface area contributed by atoms with Crippen molar-refractivity contribution in [1.29, 1.82) is 0 Å². The standard InChI is InChI=1S/C23H23NO4/c1-3-5-13-27-19-12-7-11-18(15-19)24-22(25)20-14-17-10-6-9-16(8-4-2)21(17)28-23(20)26/h4,6-7,9-12,14-15H,2-3,5,8,13H2,1H3,(H,24,25). The highest BCUT2D eigenvalue weighted by molar-refractivity contribution is 6.05. The van der Waals surface area contributed by atoms with E-state index in [4.69, 9.17) is 9.15 Å². The number of benzene rings is 2. The monoisotopic (exact) mass is 377 g/mol. The van der Waals surface area contributed by atoms with Gasteiger partial charge in [-0.15, -0.1) is 6.58 Å². The van der Waals surface area contributed by atoms with Crippen molar-refractivity contribution in [3.63, 3.8) is 0 Å². The molecule has 0 atom stereocenters. The minimum atomic E-state index is -0.670. The first kappa shape index (κ1) is 19.4. The van der Waals surface area contributed by atoms with Crippen molar-refractivity contribution < 1.29 is 13.9 Å². The normalized spacial score (nSPS) is 10.6. The zero-order chi connectivity index (χ0) is 19.9. The van der Waals surface area contributed by atoms with Gasteiger partial charge < -0.3 is 14.5 Å². The fraction of sp³-hybridized carbons (Fsp3) is 0.217. The Balaban J connectivity index is 1.84. The van der Waals surface area contributed by atoms with E-state index in [0.717, 1.165) is 18.4 Å². The number of ether oxygens (including phenoxy) is 1. The summed E-state index contributed by atoms with van der Waals surface area (Å²) in [7, 11) is 0. The summed E-state index contributed by atoms with van der Waals surface area (Å²) >= 11 is 0. The van der Waals surface area contributed by atoms with Gasteiger partial charge in [-0.3, -0.25) is 4.79 Å². The van der Waals surface area contributed by atoms with Crippen LogP contribution in [-0.2, 0) is 6.42 Å². The highest BCUT2D eigenvalue weighted by atomic mass is 16.5. The molecule has 5 nitrogen and oxygen atoms in total. The Labute approximate surface area is 163 Å². The lowest BCUT2D eigenvalue weighted by Crippen LogP contribution is -2.20. The third kappa shape index (κ3) is 4.49. The number of unbranched alkanes of at least 4 members (excludes halogenated alkanes) is 1. The molecule has 3 aromatic rings. The SMILES string of the molecule is C=CCc1cccc2cc(C(=O)Nc3cccc(OCCCC)c3)c(=O)oc12. The minimum Gasteiger partial charge on any atom is -0.494 e. The molecule has 3 rings (SSSR count). The van der Waals surface area contributed by atoms with Gasteiger partial charge in [0.2, 0.25) is 0 Å². The van der Waals surface area contributed by atoms with Crippen molar-refractivity contribution in [3.05, 3.63) is 82.7 Å². The van der Waals surface area contributed by atoms with Crippen LogP contribution in [0, 0.1) is 0 Å². The second kappa shape index (κ2) is 9.04. The molecule has 2 aromatic carbocycles. The predicted molar refractivity (Wildman–Crippen MR) is 111 cm³/mol. The maximum Gasteiger partial charge on any atom is 0.349 e. The number of fused-ring (bicyclic) bond motifs is 1. The van der Waals surface area contributed by atoms with Gasteiger partial charge >= 0.3 is 5.63 Å². The zero-order valence-electron chi connectivity index (χ0n) is 15.9. The van der Waals surface area contributed by atoms with E-state index in [1.165, 1.54) is 0 Å². The summed E-state index contributed by atoms with van der Waals surface area (Å²) in [6.07, 6.45) is 4.33. The van der Waals surface area contributed by atoms with Gasteiger partial charge in [-0.05, 0) is 36.6 Å². The fourth-order valence-electron chi connectivity index (χ4n) is 2.88. The molecule has 1 N–H and O–H groups in total. The van der Waals surface area contributed by atoms with Crippen LogP contribution >= 0.6 is 0 Å². The van der Waals surface area contributed by atoms with E-state index in [9.17, 15) is 9.59 Å². The molecule has 0 spiro atoms. The highest BCUT2D eigenvalue weighted by Gasteiger charge is 2.15. The third-order valence-corrected chi connectivity index (χ3v) is 4.31. The number of para-hydroxylation sites is 1. The van der Waals surface area contributed by atoms with E-state index in [0.29, 0.717) is 35.4 Å². The summed E-state index contributed by atoms with van der Waals surface area (Å²) in [5, 5.41) is 3.43. The topological polar surface area (TPSA) is 68.5 Å².